The molecule has 1 aromatic heterocycles. The molecule has 1 aromatic carbocycles. The number of aliphatic imine (C=N–C) groups is 1. The van der Waals surface area contributed by atoms with E-state index in [1.165, 1.54) is 0 Å². The molecule has 134 valence electrons. The fourth-order valence-electron chi connectivity index (χ4n) is 2.38. The number of nitrogens with zero attached hydrogens (tertiary/aromatic N) is 2. The van der Waals surface area contributed by atoms with Gasteiger partial charge in [0.25, 0.3) is 0 Å². The van der Waals surface area contributed by atoms with Crippen molar-refractivity contribution < 1.29 is 9.47 Å². The lowest BCUT2D eigenvalue weighted by atomic mass is 10.2. The number of guanidine groups is 1. The molecular formula is C17H20BrIN4O2. The van der Waals surface area contributed by atoms with Crippen LogP contribution in [0.3, 0.4) is 0 Å². The van der Waals surface area contributed by atoms with Crippen LogP contribution in [0.2, 0.25) is 0 Å². The quantitative estimate of drug-likeness (QED) is 0.361. The van der Waals surface area contributed by atoms with Gasteiger partial charge in [-0.2, -0.15) is 0 Å². The molecule has 2 heterocycles. The monoisotopic (exact) mass is 518 g/mol. The largest absolute Gasteiger partial charge is 0.454 e. The van der Waals surface area contributed by atoms with E-state index in [1.807, 2.05) is 30.3 Å². The maximum absolute atomic E-state index is 5.43. The summed E-state index contributed by atoms with van der Waals surface area (Å²) in [5.74, 6) is 2.27. The topological polar surface area (TPSA) is 67.8 Å². The Kier molecular flexibility index (Phi) is 7.76. The first kappa shape index (κ1) is 19.8. The van der Waals surface area contributed by atoms with Gasteiger partial charge in [0.1, 0.15) is 0 Å². The number of ether oxygens (including phenoxy) is 2. The highest BCUT2D eigenvalue weighted by Crippen LogP contribution is 2.39. The second-order valence-electron chi connectivity index (χ2n) is 5.24. The smallest absolute Gasteiger partial charge is 0.231 e. The third-order valence-corrected chi connectivity index (χ3v) is 4.16. The van der Waals surface area contributed by atoms with Gasteiger partial charge in [-0.15, -0.1) is 24.0 Å². The van der Waals surface area contributed by atoms with Gasteiger partial charge in [-0.3, -0.25) is 9.98 Å². The molecule has 0 saturated heterocycles. The van der Waals surface area contributed by atoms with Crippen LogP contribution in [0.4, 0.5) is 0 Å². The van der Waals surface area contributed by atoms with Gasteiger partial charge in [0.05, 0.1) is 4.47 Å². The summed E-state index contributed by atoms with van der Waals surface area (Å²) in [6.45, 7) is 1.67. The van der Waals surface area contributed by atoms with Gasteiger partial charge in [-0.25, -0.2) is 0 Å². The molecule has 2 N–H and O–H groups in total. The van der Waals surface area contributed by atoms with Crippen LogP contribution in [0.1, 0.15) is 11.3 Å². The Hall–Kier alpha value is -1.55. The van der Waals surface area contributed by atoms with E-state index in [4.69, 9.17) is 9.47 Å². The average Bonchev–Trinajstić information content (AvgIpc) is 3.08. The molecule has 0 aliphatic carbocycles. The van der Waals surface area contributed by atoms with Gasteiger partial charge in [0.2, 0.25) is 6.79 Å². The van der Waals surface area contributed by atoms with Crippen molar-refractivity contribution in [3.63, 3.8) is 0 Å². The van der Waals surface area contributed by atoms with E-state index in [0.29, 0.717) is 6.54 Å². The van der Waals surface area contributed by atoms with E-state index in [0.717, 1.165) is 46.2 Å². The molecular weight excluding hydrogens is 499 g/mol. The van der Waals surface area contributed by atoms with Crippen molar-refractivity contribution in [3.05, 3.63) is 52.3 Å². The zero-order valence-electron chi connectivity index (χ0n) is 13.8. The molecule has 2 aromatic rings. The lowest BCUT2D eigenvalue weighted by molar-refractivity contribution is 0.173. The molecule has 8 heteroatoms. The van der Waals surface area contributed by atoms with E-state index in [9.17, 15) is 0 Å². The van der Waals surface area contributed by atoms with E-state index in [2.05, 4.69) is 36.5 Å². The number of hydrogen-bond acceptors (Lipinski definition) is 4. The number of hydrogen-bond donors (Lipinski definition) is 2. The van der Waals surface area contributed by atoms with Crippen LogP contribution in [0, 0.1) is 0 Å². The molecule has 0 saturated carbocycles. The first-order valence-corrected chi connectivity index (χ1v) is 8.48. The lowest BCUT2D eigenvalue weighted by Crippen LogP contribution is -2.37. The van der Waals surface area contributed by atoms with E-state index >= 15 is 0 Å². The van der Waals surface area contributed by atoms with Crippen molar-refractivity contribution in [2.75, 3.05) is 20.4 Å². The lowest BCUT2D eigenvalue weighted by Gasteiger charge is -2.12. The normalized spacial score (nSPS) is 12.5. The molecule has 0 spiro atoms. The molecule has 0 fully saturated rings. The van der Waals surface area contributed by atoms with Crippen LogP contribution in [0.25, 0.3) is 0 Å². The van der Waals surface area contributed by atoms with Crippen LogP contribution in [0.5, 0.6) is 11.5 Å². The van der Waals surface area contributed by atoms with Crippen LogP contribution < -0.4 is 20.1 Å². The third kappa shape index (κ3) is 5.46. The van der Waals surface area contributed by atoms with Crippen LogP contribution >= 0.6 is 39.9 Å². The number of halogens is 2. The van der Waals surface area contributed by atoms with Gasteiger partial charge in [0.15, 0.2) is 17.5 Å². The summed E-state index contributed by atoms with van der Waals surface area (Å²) < 4.78 is 11.7. The van der Waals surface area contributed by atoms with Crippen molar-refractivity contribution in [1.82, 2.24) is 15.6 Å². The minimum atomic E-state index is 0. The Morgan fingerprint density at radius 1 is 1.28 bits per heavy atom. The molecule has 0 atom stereocenters. The summed E-state index contributed by atoms with van der Waals surface area (Å²) in [5, 5.41) is 6.58. The summed E-state index contributed by atoms with van der Waals surface area (Å²) in [6.07, 6.45) is 2.65. The molecule has 1 aliphatic rings. The molecule has 6 nitrogen and oxygen atoms in total. The molecule has 0 unspecified atom stereocenters. The van der Waals surface area contributed by atoms with Gasteiger partial charge in [-0.1, -0.05) is 6.07 Å². The van der Waals surface area contributed by atoms with Crippen LogP contribution in [-0.4, -0.2) is 31.3 Å². The van der Waals surface area contributed by atoms with Crippen molar-refractivity contribution in [1.29, 1.82) is 0 Å². The third-order valence-electron chi connectivity index (χ3n) is 3.57. The SMILES string of the molecule is CN=C(NCCc1ccccn1)NCc1cc(Br)c2c(c1)OCO2.I. The summed E-state index contributed by atoms with van der Waals surface area (Å²) >= 11 is 3.50. The van der Waals surface area contributed by atoms with Crippen molar-refractivity contribution >= 4 is 45.9 Å². The van der Waals surface area contributed by atoms with Crippen LogP contribution in [0.15, 0.2) is 46.0 Å². The van der Waals surface area contributed by atoms with Gasteiger partial charge >= 0.3 is 0 Å². The van der Waals surface area contributed by atoms with Gasteiger partial charge < -0.3 is 20.1 Å². The zero-order chi connectivity index (χ0) is 16.8. The Morgan fingerprint density at radius 2 is 2.16 bits per heavy atom. The fourth-order valence-corrected chi connectivity index (χ4v) is 2.99. The molecule has 3 rings (SSSR count). The molecule has 1 aliphatic heterocycles. The molecule has 25 heavy (non-hydrogen) atoms. The number of rotatable bonds is 5. The van der Waals surface area contributed by atoms with Crippen molar-refractivity contribution in [2.45, 2.75) is 13.0 Å². The predicted molar refractivity (Wildman–Crippen MR) is 112 cm³/mol. The maximum Gasteiger partial charge on any atom is 0.231 e. The summed E-state index contributed by atoms with van der Waals surface area (Å²) in [5.41, 5.74) is 2.14. The van der Waals surface area contributed by atoms with Crippen molar-refractivity contribution in [2.24, 2.45) is 4.99 Å². The number of aromatic nitrogens is 1. The number of nitrogens with one attached hydrogen (secondary N) is 2. The van der Waals surface area contributed by atoms with Gasteiger partial charge in [0, 0.05) is 38.4 Å². The Labute approximate surface area is 172 Å². The maximum atomic E-state index is 5.43. The zero-order valence-corrected chi connectivity index (χ0v) is 17.7. The standard InChI is InChI=1S/C17H19BrN4O2.HI/c1-19-17(21-7-5-13-4-2-3-6-20-13)22-10-12-8-14(18)16-15(9-12)23-11-24-16;/h2-4,6,8-9H,5,7,10-11H2,1H3,(H2,19,21,22);1H. The predicted octanol–water partition coefficient (Wildman–Crippen LogP) is 3.10. The Bertz CT molecular complexity index is 728. The summed E-state index contributed by atoms with van der Waals surface area (Å²) in [4.78, 5) is 8.54. The highest BCUT2D eigenvalue weighted by Gasteiger charge is 2.17. The minimum absolute atomic E-state index is 0. The van der Waals surface area contributed by atoms with E-state index in [1.54, 1.807) is 13.2 Å². The number of fused-ring (bicyclic) bond motifs is 1. The Morgan fingerprint density at radius 3 is 2.92 bits per heavy atom. The van der Waals surface area contributed by atoms with E-state index < -0.39 is 0 Å². The highest BCUT2D eigenvalue weighted by molar-refractivity contribution is 14.0. The molecule has 0 bridgehead atoms. The first-order chi connectivity index (χ1) is 11.8. The van der Waals surface area contributed by atoms with Crippen LogP contribution in [-0.2, 0) is 13.0 Å². The van der Waals surface area contributed by atoms with E-state index in [-0.39, 0.29) is 30.8 Å². The molecule has 0 radical (unpaired) electrons. The summed E-state index contributed by atoms with van der Waals surface area (Å²) in [6, 6.07) is 9.92. The highest BCUT2D eigenvalue weighted by atomic mass is 127. The Balaban J connectivity index is 0.00000225. The number of pyridine rings is 1. The molecule has 0 amide bonds. The fraction of sp³-hybridized carbons (Fsp3) is 0.294. The van der Waals surface area contributed by atoms with Gasteiger partial charge in [-0.05, 0) is 45.8 Å². The average molecular weight is 519 g/mol. The first-order valence-electron chi connectivity index (χ1n) is 7.68. The number of benzene rings is 1. The summed E-state index contributed by atoms with van der Waals surface area (Å²) in [7, 11) is 1.76. The minimum Gasteiger partial charge on any atom is -0.454 e. The second kappa shape index (κ2) is 9.81. The second-order valence-corrected chi connectivity index (χ2v) is 6.09. The van der Waals surface area contributed by atoms with Crippen molar-refractivity contribution in [3.8, 4) is 11.5 Å².